The largest absolute Gasteiger partial charge is 0.465 e. The summed E-state index contributed by atoms with van der Waals surface area (Å²) >= 11 is 1.37. The summed E-state index contributed by atoms with van der Waals surface area (Å²) in [6.07, 6.45) is 1.78. The minimum atomic E-state index is -0.443. The van der Waals surface area contributed by atoms with Crippen LogP contribution in [-0.4, -0.2) is 19.0 Å². The summed E-state index contributed by atoms with van der Waals surface area (Å²) in [7, 11) is 1.33. The van der Waals surface area contributed by atoms with Crippen molar-refractivity contribution in [3.63, 3.8) is 0 Å². The van der Waals surface area contributed by atoms with E-state index in [0.29, 0.717) is 10.6 Å². The number of hydrogen-bond donors (Lipinski definition) is 1. The number of nitrogens with one attached hydrogen (secondary N) is 1. The van der Waals surface area contributed by atoms with Crippen LogP contribution in [0.15, 0.2) is 28.9 Å². The van der Waals surface area contributed by atoms with Crippen LogP contribution in [0.2, 0.25) is 0 Å². The molecule has 25 heavy (non-hydrogen) atoms. The number of thiophene rings is 1. The van der Waals surface area contributed by atoms with E-state index in [9.17, 15) is 9.59 Å². The van der Waals surface area contributed by atoms with E-state index in [1.54, 1.807) is 6.26 Å². The molecule has 0 unspecified atom stereocenters. The van der Waals surface area contributed by atoms with Gasteiger partial charge < -0.3 is 14.5 Å². The lowest BCUT2D eigenvalue weighted by Crippen LogP contribution is -2.16. The molecule has 0 fully saturated rings. The van der Waals surface area contributed by atoms with Gasteiger partial charge in [-0.25, -0.2) is 4.79 Å². The maximum atomic E-state index is 12.5. The first-order valence-electron chi connectivity index (χ1n) is 7.85. The van der Waals surface area contributed by atoms with Gasteiger partial charge in [0, 0.05) is 15.8 Å². The average Bonchev–Trinajstić information content (AvgIpc) is 3.08. The van der Waals surface area contributed by atoms with Crippen molar-refractivity contribution >= 4 is 39.2 Å². The molecule has 3 aromatic rings. The van der Waals surface area contributed by atoms with Crippen molar-refractivity contribution in [3.05, 3.63) is 51.6 Å². The fraction of sp³-hybridized carbons (Fsp3) is 0.263. The molecule has 3 rings (SSSR count). The summed E-state index contributed by atoms with van der Waals surface area (Å²) in [6, 6.07) is 5.88. The monoisotopic (exact) mass is 357 g/mol. The fourth-order valence-electron chi connectivity index (χ4n) is 2.73. The Morgan fingerprint density at radius 1 is 1.24 bits per heavy atom. The SMILES string of the molecule is COC(=O)c1c(NC(=O)Cc2coc3cc(C)ccc23)sc(C)c1C. The number of hydrogen-bond acceptors (Lipinski definition) is 5. The molecular weight excluding hydrogens is 338 g/mol. The molecule has 0 atom stereocenters. The molecule has 1 aromatic carbocycles. The number of carbonyl (C=O) groups excluding carboxylic acids is 2. The van der Waals surface area contributed by atoms with E-state index in [2.05, 4.69) is 5.32 Å². The van der Waals surface area contributed by atoms with Gasteiger partial charge in [0.05, 0.1) is 25.4 Å². The minimum absolute atomic E-state index is 0.173. The number of esters is 1. The fourth-order valence-corrected chi connectivity index (χ4v) is 3.80. The highest BCUT2D eigenvalue weighted by Crippen LogP contribution is 2.33. The van der Waals surface area contributed by atoms with Crippen molar-refractivity contribution in [3.8, 4) is 0 Å². The first-order valence-corrected chi connectivity index (χ1v) is 8.67. The Morgan fingerprint density at radius 2 is 2.00 bits per heavy atom. The second-order valence-corrected chi connectivity index (χ2v) is 7.19. The van der Waals surface area contributed by atoms with Crippen LogP contribution in [0.25, 0.3) is 11.0 Å². The van der Waals surface area contributed by atoms with Gasteiger partial charge in [0.2, 0.25) is 5.91 Å². The summed E-state index contributed by atoms with van der Waals surface area (Å²) in [6.45, 7) is 5.75. The van der Waals surface area contributed by atoms with Crippen molar-refractivity contribution in [1.29, 1.82) is 0 Å². The van der Waals surface area contributed by atoms with E-state index in [0.717, 1.165) is 32.5 Å². The molecule has 0 spiro atoms. The quantitative estimate of drug-likeness (QED) is 0.703. The number of rotatable bonds is 4. The maximum absolute atomic E-state index is 12.5. The Morgan fingerprint density at radius 3 is 2.72 bits per heavy atom. The smallest absolute Gasteiger partial charge is 0.341 e. The standard InChI is InChI=1S/C19H19NO4S/c1-10-5-6-14-13(9-24-15(14)7-10)8-16(21)20-18-17(19(22)23-4)11(2)12(3)25-18/h5-7,9H,8H2,1-4H3,(H,20,21). The van der Waals surface area contributed by atoms with E-state index in [1.807, 2.05) is 39.0 Å². The normalized spacial score (nSPS) is 10.9. The molecule has 6 heteroatoms. The van der Waals surface area contributed by atoms with Gasteiger partial charge in [-0.3, -0.25) is 4.79 Å². The second-order valence-electron chi connectivity index (χ2n) is 5.96. The van der Waals surface area contributed by atoms with Crippen molar-refractivity contribution in [1.82, 2.24) is 0 Å². The Balaban J connectivity index is 1.83. The number of fused-ring (bicyclic) bond motifs is 1. The van der Waals surface area contributed by atoms with E-state index >= 15 is 0 Å². The van der Waals surface area contributed by atoms with Gasteiger partial charge in [0.25, 0.3) is 0 Å². The van der Waals surface area contributed by atoms with Crippen LogP contribution in [0, 0.1) is 20.8 Å². The van der Waals surface area contributed by atoms with E-state index in [-0.39, 0.29) is 12.3 Å². The van der Waals surface area contributed by atoms with Gasteiger partial charge >= 0.3 is 5.97 Å². The number of benzene rings is 1. The average molecular weight is 357 g/mol. The zero-order valence-electron chi connectivity index (χ0n) is 14.6. The zero-order chi connectivity index (χ0) is 18.1. The van der Waals surface area contributed by atoms with Crippen LogP contribution in [-0.2, 0) is 16.0 Å². The van der Waals surface area contributed by atoms with Crippen LogP contribution in [0.3, 0.4) is 0 Å². The highest BCUT2D eigenvalue weighted by molar-refractivity contribution is 7.16. The Kier molecular flexibility index (Phi) is 4.63. The van der Waals surface area contributed by atoms with Gasteiger partial charge in [-0.2, -0.15) is 0 Å². The second kappa shape index (κ2) is 6.72. The number of furan rings is 1. The summed E-state index contributed by atoms with van der Waals surface area (Å²) in [5, 5.41) is 4.29. The number of carbonyl (C=O) groups is 2. The maximum Gasteiger partial charge on any atom is 0.341 e. The van der Waals surface area contributed by atoms with Gasteiger partial charge in [-0.15, -0.1) is 11.3 Å². The van der Waals surface area contributed by atoms with Crippen LogP contribution < -0.4 is 5.32 Å². The van der Waals surface area contributed by atoms with Crippen molar-refractivity contribution < 1.29 is 18.7 Å². The van der Waals surface area contributed by atoms with E-state index in [1.165, 1.54) is 18.4 Å². The highest BCUT2D eigenvalue weighted by atomic mass is 32.1. The molecule has 0 aliphatic rings. The molecule has 2 aromatic heterocycles. The molecule has 0 radical (unpaired) electrons. The first-order chi connectivity index (χ1) is 11.9. The lowest BCUT2D eigenvalue weighted by molar-refractivity contribution is -0.115. The molecule has 1 N–H and O–H groups in total. The highest BCUT2D eigenvalue weighted by Gasteiger charge is 2.22. The van der Waals surface area contributed by atoms with Crippen LogP contribution in [0.4, 0.5) is 5.00 Å². The van der Waals surface area contributed by atoms with Gasteiger partial charge in [0.15, 0.2) is 0 Å². The molecule has 130 valence electrons. The molecular formula is C19H19NO4S. The minimum Gasteiger partial charge on any atom is -0.465 e. The van der Waals surface area contributed by atoms with Gasteiger partial charge in [0.1, 0.15) is 10.6 Å². The number of anilines is 1. The Hall–Kier alpha value is -2.60. The van der Waals surface area contributed by atoms with Crippen molar-refractivity contribution in [2.45, 2.75) is 27.2 Å². The number of ether oxygens (including phenoxy) is 1. The lowest BCUT2D eigenvalue weighted by atomic mass is 10.1. The third-order valence-corrected chi connectivity index (χ3v) is 5.31. The van der Waals surface area contributed by atoms with Crippen LogP contribution in [0.5, 0.6) is 0 Å². The predicted octanol–water partition coefficient (Wildman–Crippen LogP) is 4.39. The molecule has 0 aliphatic heterocycles. The molecule has 1 amide bonds. The number of methoxy groups -OCH3 is 1. The third kappa shape index (κ3) is 3.30. The van der Waals surface area contributed by atoms with Gasteiger partial charge in [-0.1, -0.05) is 12.1 Å². The summed E-state index contributed by atoms with van der Waals surface area (Å²) in [5.74, 6) is -0.643. The van der Waals surface area contributed by atoms with Crippen LogP contribution in [0.1, 0.15) is 31.9 Å². The van der Waals surface area contributed by atoms with Gasteiger partial charge in [-0.05, 0) is 38.0 Å². The summed E-state index contributed by atoms with van der Waals surface area (Å²) in [4.78, 5) is 25.4. The number of amides is 1. The van der Waals surface area contributed by atoms with Crippen molar-refractivity contribution in [2.75, 3.05) is 12.4 Å². The molecule has 2 heterocycles. The third-order valence-electron chi connectivity index (χ3n) is 4.19. The Labute approximate surface area is 149 Å². The summed E-state index contributed by atoms with van der Waals surface area (Å²) in [5.41, 5.74) is 3.94. The van der Waals surface area contributed by atoms with Crippen molar-refractivity contribution in [2.24, 2.45) is 0 Å². The first kappa shape index (κ1) is 17.2. The topological polar surface area (TPSA) is 68.5 Å². The zero-order valence-corrected chi connectivity index (χ0v) is 15.4. The summed E-state index contributed by atoms with van der Waals surface area (Å²) < 4.78 is 10.4. The van der Waals surface area contributed by atoms with Crippen LogP contribution >= 0.6 is 11.3 Å². The predicted molar refractivity (Wildman–Crippen MR) is 98.4 cm³/mol. The van der Waals surface area contributed by atoms with E-state index in [4.69, 9.17) is 9.15 Å². The molecule has 0 bridgehead atoms. The molecule has 0 saturated heterocycles. The molecule has 5 nitrogen and oxygen atoms in total. The Bertz CT molecular complexity index is 967. The van der Waals surface area contributed by atoms with E-state index < -0.39 is 5.97 Å². The molecule has 0 saturated carbocycles. The number of aryl methyl sites for hydroxylation is 2. The molecule has 0 aliphatic carbocycles. The lowest BCUT2D eigenvalue weighted by Gasteiger charge is -2.06.